The minimum Gasteiger partial charge on any atom is -0.287 e. The van der Waals surface area contributed by atoms with Gasteiger partial charge in [-0.2, -0.15) is 0 Å². The van der Waals surface area contributed by atoms with Gasteiger partial charge in [0, 0.05) is 0 Å². The lowest BCUT2D eigenvalue weighted by atomic mass is 10.1. The van der Waals surface area contributed by atoms with Crippen molar-refractivity contribution in [1.82, 2.24) is 10.9 Å². The predicted molar refractivity (Wildman–Crippen MR) is 98.8 cm³/mol. The van der Waals surface area contributed by atoms with E-state index in [0.29, 0.717) is 10.7 Å². The second-order valence-corrected chi connectivity index (χ2v) is 6.33. The maximum absolute atomic E-state index is 12.6. The first kappa shape index (κ1) is 18.1. The van der Waals surface area contributed by atoms with Crippen LogP contribution in [0, 0.1) is 0 Å². The minimum absolute atomic E-state index is 0.0306. The smallest absolute Gasteiger partial charge is 0.266 e. The molecule has 1 saturated heterocycles. The molecule has 0 bridgehead atoms. The molecule has 1 aliphatic rings. The Morgan fingerprint density at radius 1 is 1.15 bits per heavy atom. The van der Waals surface area contributed by atoms with Crippen molar-refractivity contribution in [3.05, 3.63) is 64.7 Å². The standard InChI is InChI=1S/C19H18ClN3O3/c1-2-12-7-9-13(10-8-12)23-17(24)11-16(19(23)26)21-22-18(25)14-5-3-4-6-15(14)20/h3-10,16,21H,2,11H2,1H3,(H,22,25)/t16-/m1/s1. The van der Waals surface area contributed by atoms with Crippen molar-refractivity contribution >= 4 is 35.0 Å². The van der Waals surface area contributed by atoms with Crippen molar-refractivity contribution in [2.75, 3.05) is 4.90 Å². The third kappa shape index (κ3) is 3.61. The number of amides is 3. The number of carbonyl (C=O) groups excluding carboxylic acids is 3. The van der Waals surface area contributed by atoms with Crippen molar-refractivity contribution < 1.29 is 14.4 Å². The number of imide groups is 1. The Kier molecular flexibility index (Phi) is 5.35. The van der Waals surface area contributed by atoms with Gasteiger partial charge in [0.05, 0.1) is 22.7 Å². The van der Waals surface area contributed by atoms with E-state index < -0.39 is 17.9 Å². The van der Waals surface area contributed by atoms with Gasteiger partial charge in [0.15, 0.2) is 0 Å². The van der Waals surface area contributed by atoms with Gasteiger partial charge in [0.1, 0.15) is 6.04 Å². The van der Waals surface area contributed by atoms with E-state index in [1.54, 1.807) is 36.4 Å². The quantitative estimate of drug-likeness (QED) is 0.625. The summed E-state index contributed by atoms with van der Waals surface area (Å²) in [4.78, 5) is 38.1. The highest BCUT2D eigenvalue weighted by Crippen LogP contribution is 2.23. The summed E-state index contributed by atoms with van der Waals surface area (Å²) in [5.41, 5.74) is 7.02. The summed E-state index contributed by atoms with van der Waals surface area (Å²) in [7, 11) is 0. The summed E-state index contributed by atoms with van der Waals surface area (Å²) in [6, 6.07) is 13.0. The van der Waals surface area contributed by atoms with Gasteiger partial charge in [0.25, 0.3) is 11.8 Å². The minimum atomic E-state index is -0.820. The van der Waals surface area contributed by atoms with E-state index in [1.807, 2.05) is 19.1 Å². The Morgan fingerprint density at radius 3 is 2.50 bits per heavy atom. The van der Waals surface area contributed by atoms with Crippen LogP contribution in [-0.4, -0.2) is 23.8 Å². The number of nitrogens with one attached hydrogen (secondary N) is 2. The van der Waals surface area contributed by atoms with Crippen LogP contribution in [0.4, 0.5) is 5.69 Å². The van der Waals surface area contributed by atoms with E-state index in [9.17, 15) is 14.4 Å². The lowest BCUT2D eigenvalue weighted by Gasteiger charge is -2.16. The Labute approximate surface area is 156 Å². The monoisotopic (exact) mass is 371 g/mol. The van der Waals surface area contributed by atoms with E-state index in [1.165, 1.54) is 0 Å². The van der Waals surface area contributed by atoms with Gasteiger partial charge < -0.3 is 0 Å². The topological polar surface area (TPSA) is 78.5 Å². The van der Waals surface area contributed by atoms with E-state index in [2.05, 4.69) is 10.9 Å². The average molecular weight is 372 g/mol. The van der Waals surface area contributed by atoms with Crippen molar-refractivity contribution in [2.45, 2.75) is 25.8 Å². The van der Waals surface area contributed by atoms with Gasteiger partial charge in [-0.05, 0) is 36.2 Å². The maximum atomic E-state index is 12.6. The molecule has 2 aromatic carbocycles. The van der Waals surface area contributed by atoms with E-state index >= 15 is 0 Å². The van der Waals surface area contributed by atoms with Crippen LogP contribution in [0.1, 0.15) is 29.3 Å². The number of rotatable bonds is 5. The van der Waals surface area contributed by atoms with Gasteiger partial charge in [-0.1, -0.05) is 42.8 Å². The zero-order valence-corrected chi connectivity index (χ0v) is 14.9. The third-order valence-corrected chi connectivity index (χ3v) is 4.56. The van der Waals surface area contributed by atoms with Crippen LogP contribution in [0.25, 0.3) is 0 Å². The number of anilines is 1. The van der Waals surface area contributed by atoms with Crippen molar-refractivity contribution in [3.63, 3.8) is 0 Å². The predicted octanol–water partition coefficient (Wildman–Crippen LogP) is 2.47. The molecular weight excluding hydrogens is 354 g/mol. The molecule has 6 nitrogen and oxygen atoms in total. The highest BCUT2D eigenvalue weighted by molar-refractivity contribution is 6.33. The summed E-state index contributed by atoms with van der Waals surface area (Å²) in [6.07, 6.45) is 0.845. The summed E-state index contributed by atoms with van der Waals surface area (Å²) in [5, 5.41) is 0.304. The van der Waals surface area contributed by atoms with Crippen LogP contribution < -0.4 is 15.8 Å². The number of hydrazine groups is 1. The summed E-state index contributed by atoms with van der Waals surface area (Å²) < 4.78 is 0. The molecule has 7 heteroatoms. The Hall–Kier alpha value is -2.70. The molecule has 1 atom stereocenters. The van der Waals surface area contributed by atoms with Gasteiger partial charge >= 0.3 is 0 Å². The van der Waals surface area contributed by atoms with Gasteiger partial charge in [-0.3, -0.25) is 19.8 Å². The lowest BCUT2D eigenvalue weighted by molar-refractivity contribution is -0.121. The molecule has 2 aromatic rings. The molecule has 1 aliphatic heterocycles. The van der Waals surface area contributed by atoms with Gasteiger partial charge in [0.2, 0.25) is 5.91 Å². The normalized spacial score (nSPS) is 16.8. The van der Waals surface area contributed by atoms with Crippen molar-refractivity contribution in [1.29, 1.82) is 0 Å². The zero-order valence-electron chi connectivity index (χ0n) is 14.2. The van der Waals surface area contributed by atoms with E-state index in [-0.39, 0.29) is 17.9 Å². The third-order valence-electron chi connectivity index (χ3n) is 4.23. The fourth-order valence-corrected chi connectivity index (χ4v) is 2.98. The number of nitrogens with zero attached hydrogens (tertiary/aromatic N) is 1. The molecule has 3 rings (SSSR count). The molecule has 3 amide bonds. The first-order chi connectivity index (χ1) is 12.5. The zero-order chi connectivity index (χ0) is 18.7. The maximum Gasteiger partial charge on any atom is 0.266 e. The first-order valence-electron chi connectivity index (χ1n) is 8.27. The number of benzene rings is 2. The highest BCUT2D eigenvalue weighted by atomic mass is 35.5. The SMILES string of the molecule is CCc1ccc(N2C(=O)C[C@@H](NNC(=O)c3ccccc3Cl)C2=O)cc1. The molecule has 0 unspecified atom stereocenters. The fourth-order valence-electron chi connectivity index (χ4n) is 2.76. The fraction of sp³-hybridized carbons (Fsp3) is 0.211. The Balaban J connectivity index is 1.67. The van der Waals surface area contributed by atoms with E-state index in [4.69, 9.17) is 11.6 Å². The van der Waals surface area contributed by atoms with Crippen LogP contribution in [0.5, 0.6) is 0 Å². The van der Waals surface area contributed by atoms with Gasteiger partial charge in [-0.25, -0.2) is 10.3 Å². The molecule has 1 heterocycles. The molecule has 2 N–H and O–H groups in total. The Bertz CT molecular complexity index is 851. The van der Waals surface area contributed by atoms with Crippen LogP contribution in [0.2, 0.25) is 5.02 Å². The molecule has 26 heavy (non-hydrogen) atoms. The van der Waals surface area contributed by atoms with Crippen molar-refractivity contribution in [3.8, 4) is 0 Å². The van der Waals surface area contributed by atoms with Crippen LogP contribution >= 0.6 is 11.6 Å². The number of hydrogen-bond acceptors (Lipinski definition) is 4. The molecule has 0 aliphatic carbocycles. The molecule has 1 fully saturated rings. The number of carbonyl (C=O) groups is 3. The van der Waals surface area contributed by atoms with Gasteiger partial charge in [-0.15, -0.1) is 0 Å². The molecule has 0 aromatic heterocycles. The summed E-state index contributed by atoms with van der Waals surface area (Å²) in [5.74, 6) is -1.19. The molecule has 0 spiro atoms. The molecule has 134 valence electrons. The molecule has 0 saturated carbocycles. The second kappa shape index (κ2) is 7.68. The molecule has 0 radical (unpaired) electrons. The van der Waals surface area contributed by atoms with Crippen LogP contribution in [0.3, 0.4) is 0 Å². The average Bonchev–Trinajstić information content (AvgIpc) is 2.93. The number of halogens is 1. The second-order valence-electron chi connectivity index (χ2n) is 5.92. The van der Waals surface area contributed by atoms with Crippen LogP contribution in [0.15, 0.2) is 48.5 Å². The number of aryl methyl sites for hydroxylation is 1. The van der Waals surface area contributed by atoms with Crippen molar-refractivity contribution in [2.24, 2.45) is 0 Å². The highest BCUT2D eigenvalue weighted by Gasteiger charge is 2.39. The largest absolute Gasteiger partial charge is 0.287 e. The van der Waals surface area contributed by atoms with E-state index in [0.717, 1.165) is 16.9 Å². The molecular formula is C19H18ClN3O3. The first-order valence-corrected chi connectivity index (χ1v) is 8.65. The number of hydrogen-bond donors (Lipinski definition) is 2. The summed E-state index contributed by atoms with van der Waals surface area (Å²) >= 11 is 5.98. The van der Waals surface area contributed by atoms with Crippen LogP contribution in [-0.2, 0) is 16.0 Å². The lowest BCUT2D eigenvalue weighted by Crippen LogP contribution is -2.48. The Morgan fingerprint density at radius 2 is 1.85 bits per heavy atom. The summed E-state index contributed by atoms with van der Waals surface area (Å²) in [6.45, 7) is 2.03.